The van der Waals surface area contributed by atoms with Crippen LogP contribution in [0.25, 0.3) is 5.65 Å². The van der Waals surface area contributed by atoms with Crippen molar-refractivity contribution in [2.45, 2.75) is 6.54 Å². The van der Waals surface area contributed by atoms with Gasteiger partial charge in [0.15, 0.2) is 17.3 Å². The largest absolute Gasteiger partial charge is 0.345 e. The molecular weight excluding hydrogens is 261 g/mol. The topological polar surface area (TPSA) is 72.2 Å². The minimum Gasteiger partial charge on any atom is -0.345 e. The monoisotopic (exact) mass is 271 g/mol. The van der Waals surface area contributed by atoms with Gasteiger partial charge < -0.3 is 5.32 Å². The lowest BCUT2D eigenvalue weighted by atomic mass is 10.2. The highest BCUT2D eigenvalue weighted by Crippen LogP contribution is 2.06. The molecule has 3 aromatic rings. The molecule has 0 atom stereocenters. The highest BCUT2D eigenvalue weighted by molar-refractivity contribution is 5.94. The van der Waals surface area contributed by atoms with Crippen molar-refractivity contribution in [1.29, 1.82) is 0 Å². The summed E-state index contributed by atoms with van der Waals surface area (Å²) in [6, 6.07) is 6.82. The number of nitrogens with zero attached hydrogens (tertiary/aromatic N) is 4. The van der Waals surface area contributed by atoms with Gasteiger partial charge in [0, 0.05) is 12.4 Å². The smallest absolute Gasteiger partial charge is 0.254 e. The van der Waals surface area contributed by atoms with E-state index in [1.165, 1.54) is 12.3 Å². The fourth-order valence-electron chi connectivity index (χ4n) is 1.83. The van der Waals surface area contributed by atoms with Crippen molar-refractivity contribution in [2.75, 3.05) is 0 Å². The van der Waals surface area contributed by atoms with Gasteiger partial charge in [0.2, 0.25) is 0 Å². The van der Waals surface area contributed by atoms with E-state index < -0.39 is 11.7 Å². The Labute approximate surface area is 113 Å². The summed E-state index contributed by atoms with van der Waals surface area (Å²) in [4.78, 5) is 15.5. The van der Waals surface area contributed by atoms with Gasteiger partial charge in [-0.15, -0.1) is 10.2 Å². The zero-order valence-electron chi connectivity index (χ0n) is 10.3. The zero-order chi connectivity index (χ0) is 13.9. The highest BCUT2D eigenvalue weighted by Gasteiger charge is 2.12. The molecule has 7 heteroatoms. The first-order valence-electron chi connectivity index (χ1n) is 5.92. The van der Waals surface area contributed by atoms with E-state index in [2.05, 4.69) is 20.5 Å². The van der Waals surface area contributed by atoms with Gasteiger partial charge in [0.25, 0.3) is 5.91 Å². The highest BCUT2D eigenvalue weighted by atomic mass is 19.1. The van der Waals surface area contributed by atoms with Gasteiger partial charge in [0.05, 0.1) is 18.3 Å². The van der Waals surface area contributed by atoms with Crippen LogP contribution in [0.15, 0.2) is 42.9 Å². The predicted octanol–water partition coefficient (Wildman–Crippen LogP) is 1.19. The maximum Gasteiger partial charge on any atom is 0.254 e. The molecule has 0 spiro atoms. The Balaban J connectivity index is 1.77. The fourth-order valence-corrected chi connectivity index (χ4v) is 1.83. The summed E-state index contributed by atoms with van der Waals surface area (Å²) in [5.41, 5.74) is 0.640. The van der Waals surface area contributed by atoms with Crippen LogP contribution in [0.5, 0.6) is 0 Å². The Hall–Kier alpha value is -2.83. The molecule has 0 unspecified atom stereocenters. The molecule has 0 bridgehead atoms. The summed E-state index contributed by atoms with van der Waals surface area (Å²) in [6.07, 6.45) is 4.16. The third-order valence-electron chi connectivity index (χ3n) is 2.81. The lowest BCUT2D eigenvalue weighted by Crippen LogP contribution is -2.25. The normalized spacial score (nSPS) is 10.7. The summed E-state index contributed by atoms with van der Waals surface area (Å²) in [6.45, 7) is 0.159. The van der Waals surface area contributed by atoms with E-state index in [4.69, 9.17) is 0 Å². The molecule has 20 heavy (non-hydrogen) atoms. The number of rotatable bonds is 3. The number of fused-ring (bicyclic) bond motifs is 1. The second kappa shape index (κ2) is 5.04. The van der Waals surface area contributed by atoms with E-state index in [0.29, 0.717) is 11.5 Å². The SMILES string of the molecule is O=C(NCc1nnc2ccccn12)c1ccncc1F. The van der Waals surface area contributed by atoms with E-state index in [9.17, 15) is 9.18 Å². The zero-order valence-corrected chi connectivity index (χ0v) is 10.3. The molecule has 0 aliphatic rings. The quantitative estimate of drug-likeness (QED) is 0.776. The van der Waals surface area contributed by atoms with Crippen LogP contribution in [0.3, 0.4) is 0 Å². The minimum atomic E-state index is -0.656. The van der Waals surface area contributed by atoms with Crippen molar-refractivity contribution in [2.24, 2.45) is 0 Å². The first kappa shape index (κ1) is 12.2. The van der Waals surface area contributed by atoms with Crippen LogP contribution < -0.4 is 5.32 Å². The van der Waals surface area contributed by atoms with Crippen molar-refractivity contribution in [3.05, 3.63) is 60.1 Å². The number of amides is 1. The van der Waals surface area contributed by atoms with Gasteiger partial charge in [0.1, 0.15) is 0 Å². The number of carbonyl (C=O) groups is 1. The standard InChI is InChI=1S/C13H10FN5O/c14-10-7-15-5-4-9(10)13(20)16-8-12-18-17-11-3-1-2-6-19(11)12/h1-7H,8H2,(H,16,20). The van der Waals surface area contributed by atoms with E-state index in [0.717, 1.165) is 6.20 Å². The summed E-state index contributed by atoms with van der Waals surface area (Å²) in [5, 5.41) is 10.5. The third-order valence-corrected chi connectivity index (χ3v) is 2.81. The van der Waals surface area contributed by atoms with Gasteiger partial charge in [-0.3, -0.25) is 14.2 Å². The molecule has 6 nitrogen and oxygen atoms in total. The Morgan fingerprint density at radius 2 is 2.20 bits per heavy atom. The molecule has 0 saturated carbocycles. The lowest BCUT2D eigenvalue weighted by Gasteiger charge is -2.04. The summed E-state index contributed by atoms with van der Waals surface area (Å²) in [7, 11) is 0. The number of hydrogen-bond acceptors (Lipinski definition) is 4. The Kier molecular flexibility index (Phi) is 3.08. The molecule has 0 aliphatic carbocycles. The number of halogens is 1. The molecule has 0 fully saturated rings. The number of pyridine rings is 2. The number of hydrogen-bond donors (Lipinski definition) is 1. The van der Waals surface area contributed by atoms with Crippen molar-refractivity contribution < 1.29 is 9.18 Å². The molecule has 0 radical (unpaired) electrons. The maximum absolute atomic E-state index is 13.4. The van der Waals surface area contributed by atoms with Crippen LogP contribution in [0, 0.1) is 5.82 Å². The predicted molar refractivity (Wildman–Crippen MR) is 68.4 cm³/mol. The van der Waals surface area contributed by atoms with Crippen LogP contribution in [-0.2, 0) is 6.54 Å². The molecule has 1 amide bonds. The molecule has 0 aliphatic heterocycles. The fraction of sp³-hybridized carbons (Fsp3) is 0.0769. The van der Waals surface area contributed by atoms with E-state index in [1.807, 2.05) is 12.1 Å². The molecule has 100 valence electrons. The number of carbonyl (C=O) groups excluding carboxylic acids is 1. The third kappa shape index (κ3) is 2.20. The molecular formula is C13H10FN5O. The molecule has 3 rings (SSSR count). The van der Waals surface area contributed by atoms with Crippen LogP contribution in [0.2, 0.25) is 0 Å². The van der Waals surface area contributed by atoms with Crippen molar-refractivity contribution >= 4 is 11.6 Å². The second-order valence-electron chi connectivity index (χ2n) is 4.08. The minimum absolute atomic E-state index is 0.0474. The first-order chi connectivity index (χ1) is 9.75. The van der Waals surface area contributed by atoms with E-state index in [1.54, 1.807) is 16.7 Å². The van der Waals surface area contributed by atoms with Crippen LogP contribution in [-0.4, -0.2) is 25.5 Å². The van der Waals surface area contributed by atoms with E-state index in [-0.39, 0.29) is 12.1 Å². The van der Waals surface area contributed by atoms with Gasteiger partial charge in [-0.2, -0.15) is 0 Å². The van der Waals surface area contributed by atoms with Crippen LogP contribution in [0.1, 0.15) is 16.2 Å². The van der Waals surface area contributed by atoms with Crippen molar-refractivity contribution in [3.63, 3.8) is 0 Å². The van der Waals surface area contributed by atoms with Gasteiger partial charge >= 0.3 is 0 Å². The van der Waals surface area contributed by atoms with Crippen LogP contribution in [0.4, 0.5) is 4.39 Å². The second-order valence-corrected chi connectivity index (χ2v) is 4.08. The van der Waals surface area contributed by atoms with Crippen LogP contribution >= 0.6 is 0 Å². The number of nitrogens with one attached hydrogen (secondary N) is 1. The van der Waals surface area contributed by atoms with Crippen molar-refractivity contribution in [1.82, 2.24) is 24.9 Å². The number of aromatic nitrogens is 4. The summed E-state index contributed by atoms with van der Waals surface area (Å²) in [5.74, 6) is -0.600. The van der Waals surface area contributed by atoms with Gasteiger partial charge in [-0.1, -0.05) is 6.07 Å². The average Bonchev–Trinajstić information content (AvgIpc) is 2.88. The maximum atomic E-state index is 13.4. The molecule has 3 heterocycles. The Bertz CT molecular complexity index is 770. The lowest BCUT2D eigenvalue weighted by molar-refractivity contribution is 0.0945. The molecule has 0 saturated heterocycles. The summed E-state index contributed by atoms with van der Waals surface area (Å²) < 4.78 is 15.2. The Morgan fingerprint density at radius 3 is 3.05 bits per heavy atom. The van der Waals surface area contributed by atoms with Gasteiger partial charge in [-0.05, 0) is 18.2 Å². The van der Waals surface area contributed by atoms with E-state index >= 15 is 0 Å². The summed E-state index contributed by atoms with van der Waals surface area (Å²) >= 11 is 0. The molecule has 1 N–H and O–H groups in total. The Morgan fingerprint density at radius 1 is 1.30 bits per heavy atom. The molecule has 0 aromatic carbocycles. The molecule has 3 aromatic heterocycles. The first-order valence-corrected chi connectivity index (χ1v) is 5.92. The average molecular weight is 271 g/mol. The van der Waals surface area contributed by atoms with Crippen molar-refractivity contribution in [3.8, 4) is 0 Å². The van der Waals surface area contributed by atoms with Gasteiger partial charge in [-0.25, -0.2) is 4.39 Å².